The monoisotopic (exact) mass is 369 g/mol. The van der Waals surface area contributed by atoms with Crippen LogP contribution in [0.1, 0.15) is 33.3 Å². The summed E-state index contributed by atoms with van der Waals surface area (Å²) in [6.07, 6.45) is 0. The molecule has 3 rings (SSSR count). The standard InChI is InChI=1S/C19H16FN3O2S/c1-12(24)13-6-8-14(9-7-13)22-19-23-15(11-26-19)10-21-18(25)16-4-2-3-5-17(16)20/h2-9,11H,10H2,1H3,(H,21,25)(H,22,23). The molecular formula is C19H16FN3O2S. The molecule has 7 heteroatoms. The number of rotatable bonds is 6. The molecule has 0 aliphatic heterocycles. The van der Waals surface area contributed by atoms with E-state index in [1.54, 1.807) is 30.3 Å². The van der Waals surface area contributed by atoms with Crippen molar-refractivity contribution in [1.82, 2.24) is 10.3 Å². The van der Waals surface area contributed by atoms with Crippen LogP contribution in [0.3, 0.4) is 0 Å². The minimum atomic E-state index is -0.556. The van der Waals surface area contributed by atoms with Crippen LogP contribution in [-0.2, 0) is 6.54 Å². The first-order valence-corrected chi connectivity index (χ1v) is 8.76. The van der Waals surface area contributed by atoms with E-state index in [4.69, 9.17) is 0 Å². The van der Waals surface area contributed by atoms with Crippen molar-refractivity contribution in [2.45, 2.75) is 13.5 Å². The van der Waals surface area contributed by atoms with Gasteiger partial charge in [-0.1, -0.05) is 12.1 Å². The zero-order valence-corrected chi connectivity index (χ0v) is 14.8. The Morgan fingerprint density at radius 2 is 1.85 bits per heavy atom. The van der Waals surface area contributed by atoms with Gasteiger partial charge in [-0.3, -0.25) is 9.59 Å². The van der Waals surface area contributed by atoms with Crippen molar-refractivity contribution in [3.63, 3.8) is 0 Å². The molecule has 0 radical (unpaired) electrons. The zero-order chi connectivity index (χ0) is 18.5. The number of Topliss-reactive ketones (excluding diaryl/α,β-unsaturated/α-hetero) is 1. The van der Waals surface area contributed by atoms with Crippen LogP contribution in [-0.4, -0.2) is 16.7 Å². The predicted molar refractivity (Wildman–Crippen MR) is 99.4 cm³/mol. The van der Waals surface area contributed by atoms with E-state index in [1.807, 2.05) is 5.38 Å². The lowest BCUT2D eigenvalue weighted by molar-refractivity contribution is 0.0945. The summed E-state index contributed by atoms with van der Waals surface area (Å²) in [5.74, 6) is -1.02. The lowest BCUT2D eigenvalue weighted by Crippen LogP contribution is -2.23. The van der Waals surface area contributed by atoms with Gasteiger partial charge in [0.15, 0.2) is 10.9 Å². The molecule has 132 valence electrons. The minimum Gasteiger partial charge on any atom is -0.346 e. The van der Waals surface area contributed by atoms with Crippen molar-refractivity contribution in [2.75, 3.05) is 5.32 Å². The minimum absolute atomic E-state index is 0.00615. The average Bonchev–Trinajstić information content (AvgIpc) is 3.08. The molecule has 5 nitrogen and oxygen atoms in total. The Balaban J connectivity index is 1.58. The highest BCUT2D eigenvalue weighted by Crippen LogP contribution is 2.21. The molecule has 2 aromatic carbocycles. The summed E-state index contributed by atoms with van der Waals surface area (Å²) in [4.78, 5) is 27.7. The number of carbonyl (C=O) groups excluding carboxylic acids is 2. The first-order chi connectivity index (χ1) is 12.5. The molecule has 0 saturated carbocycles. The molecule has 1 heterocycles. The number of thiazole rings is 1. The molecule has 0 fully saturated rings. The molecule has 0 spiro atoms. The smallest absolute Gasteiger partial charge is 0.254 e. The van der Waals surface area contributed by atoms with Gasteiger partial charge in [-0.05, 0) is 43.3 Å². The summed E-state index contributed by atoms with van der Waals surface area (Å²) in [7, 11) is 0. The SMILES string of the molecule is CC(=O)c1ccc(Nc2nc(CNC(=O)c3ccccc3F)cs2)cc1. The molecular weight excluding hydrogens is 353 g/mol. The third-order valence-electron chi connectivity index (χ3n) is 3.64. The maximum Gasteiger partial charge on any atom is 0.254 e. The number of halogens is 1. The third-order valence-corrected chi connectivity index (χ3v) is 4.45. The second-order valence-electron chi connectivity index (χ2n) is 5.57. The summed E-state index contributed by atoms with van der Waals surface area (Å²) in [6, 6.07) is 12.9. The number of nitrogens with one attached hydrogen (secondary N) is 2. The molecule has 3 aromatic rings. The van der Waals surface area contributed by atoms with Gasteiger partial charge in [0.25, 0.3) is 5.91 Å². The summed E-state index contributed by atoms with van der Waals surface area (Å²) in [6.45, 7) is 1.72. The highest BCUT2D eigenvalue weighted by Gasteiger charge is 2.11. The number of anilines is 2. The number of benzene rings is 2. The van der Waals surface area contributed by atoms with Gasteiger partial charge in [-0.25, -0.2) is 9.37 Å². The Morgan fingerprint density at radius 3 is 2.54 bits per heavy atom. The van der Waals surface area contributed by atoms with Gasteiger partial charge in [0.2, 0.25) is 0 Å². The van der Waals surface area contributed by atoms with Crippen molar-refractivity contribution < 1.29 is 14.0 Å². The van der Waals surface area contributed by atoms with E-state index in [0.29, 0.717) is 16.4 Å². The van der Waals surface area contributed by atoms with Gasteiger partial charge in [0.05, 0.1) is 17.8 Å². The molecule has 0 aliphatic rings. The van der Waals surface area contributed by atoms with Crippen LogP contribution in [0.4, 0.5) is 15.2 Å². The zero-order valence-electron chi connectivity index (χ0n) is 14.0. The summed E-state index contributed by atoms with van der Waals surface area (Å²) >= 11 is 1.39. The van der Waals surface area contributed by atoms with E-state index < -0.39 is 11.7 Å². The Morgan fingerprint density at radius 1 is 1.12 bits per heavy atom. The fourth-order valence-electron chi connectivity index (χ4n) is 2.27. The second-order valence-corrected chi connectivity index (χ2v) is 6.42. The Kier molecular flexibility index (Phi) is 5.38. The van der Waals surface area contributed by atoms with Crippen LogP contribution in [0.25, 0.3) is 0 Å². The lowest BCUT2D eigenvalue weighted by Gasteiger charge is -2.05. The molecule has 2 N–H and O–H groups in total. The average molecular weight is 369 g/mol. The Bertz CT molecular complexity index is 938. The van der Waals surface area contributed by atoms with E-state index in [9.17, 15) is 14.0 Å². The van der Waals surface area contributed by atoms with Crippen LogP contribution in [0.15, 0.2) is 53.9 Å². The summed E-state index contributed by atoms with van der Waals surface area (Å²) in [5.41, 5.74) is 2.13. The molecule has 1 amide bonds. The van der Waals surface area contributed by atoms with Crippen molar-refractivity contribution in [2.24, 2.45) is 0 Å². The topological polar surface area (TPSA) is 71.1 Å². The van der Waals surface area contributed by atoms with Gasteiger partial charge in [-0.15, -0.1) is 11.3 Å². The Hall–Kier alpha value is -3.06. The molecule has 26 heavy (non-hydrogen) atoms. The maximum atomic E-state index is 13.6. The normalized spacial score (nSPS) is 10.4. The van der Waals surface area contributed by atoms with E-state index in [2.05, 4.69) is 15.6 Å². The second kappa shape index (κ2) is 7.88. The van der Waals surface area contributed by atoms with Gasteiger partial charge in [0.1, 0.15) is 5.82 Å². The highest BCUT2D eigenvalue weighted by molar-refractivity contribution is 7.13. The fourth-order valence-corrected chi connectivity index (χ4v) is 3.00. The van der Waals surface area contributed by atoms with Crippen LogP contribution >= 0.6 is 11.3 Å². The number of hydrogen-bond acceptors (Lipinski definition) is 5. The van der Waals surface area contributed by atoms with Crippen LogP contribution in [0, 0.1) is 5.82 Å². The quantitative estimate of drug-likeness (QED) is 0.640. The first-order valence-electron chi connectivity index (χ1n) is 7.88. The lowest BCUT2D eigenvalue weighted by atomic mass is 10.1. The van der Waals surface area contributed by atoms with Crippen LogP contribution < -0.4 is 10.6 Å². The first kappa shape index (κ1) is 17.8. The molecule has 0 saturated heterocycles. The molecule has 0 atom stereocenters. The highest BCUT2D eigenvalue weighted by atomic mass is 32.1. The van der Waals surface area contributed by atoms with Crippen LogP contribution in [0.5, 0.6) is 0 Å². The number of hydrogen-bond donors (Lipinski definition) is 2. The number of aromatic nitrogens is 1. The molecule has 1 aromatic heterocycles. The van der Waals surface area contributed by atoms with Crippen molar-refractivity contribution in [1.29, 1.82) is 0 Å². The van der Waals surface area contributed by atoms with Gasteiger partial charge < -0.3 is 10.6 Å². The Labute approximate surface area is 153 Å². The summed E-state index contributed by atoms with van der Waals surface area (Å²) in [5, 5.41) is 8.27. The molecule has 0 bridgehead atoms. The predicted octanol–water partition coefficient (Wildman–Crippen LogP) is 4.16. The number of amides is 1. The van der Waals surface area contributed by atoms with Gasteiger partial charge in [-0.2, -0.15) is 0 Å². The number of nitrogens with zero attached hydrogens (tertiary/aromatic N) is 1. The van der Waals surface area contributed by atoms with Gasteiger partial charge >= 0.3 is 0 Å². The van der Waals surface area contributed by atoms with E-state index in [0.717, 1.165) is 5.69 Å². The van der Waals surface area contributed by atoms with E-state index in [-0.39, 0.29) is 17.9 Å². The largest absolute Gasteiger partial charge is 0.346 e. The number of ketones is 1. The number of carbonyl (C=O) groups is 2. The van der Waals surface area contributed by atoms with Crippen molar-refractivity contribution >= 4 is 33.8 Å². The fraction of sp³-hybridized carbons (Fsp3) is 0.105. The van der Waals surface area contributed by atoms with Gasteiger partial charge in [0, 0.05) is 16.6 Å². The van der Waals surface area contributed by atoms with E-state index in [1.165, 1.54) is 36.5 Å². The molecule has 0 unspecified atom stereocenters. The van der Waals surface area contributed by atoms with Crippen molar-refractivity contribution in [3.05, 3.63) is 76.5 Å². The van der Waals surface area contributed by atoms with E-state index >= 15 is 0 Å². The van der Waals surface area contributed by atoms with Crippen molar-refractivity contribution in [3.8, 4) is 0 Å². The third kappa shape index (κ3) is 4.31. The van der Waals surface area contributed by atoms with Crippen LogP contribution in [0.2, 0.25) is 0 Å². The molecule has 0 aliphatic carbocycles. The maximum absolute atomic E-state index is 13.6. The summed E-state index contributed by atoms with van der Waals surface area (Å²) < 4.78 is 13.6.